The van der Waals surface area contributed by atoms with Crippen molar-refractivity contribution >= 4 is 0 Å². The summed E-state index contributed by atoms with van der Waals surface area (Å²) in [6.07, 6.45) is 2.24. The molecular weight excluding hydrogens is 160 g/mol. The Kier molecular flexibility index (Phi) is 3.12. The molecule has 0 fully saturated rings. The summed E-state index contributed by atoms with van der Waals surface area (Å²) in [5, 5.41) is 4.45. The molecule has 1 aromatic rings. The third kappa shape index (κ3) is 2.11. The van der Waals surface area contributed by atoms with Gasteiger partial charge in [0.25, 0.3) is 0 Å². The van der Waals surface area contributed by atoms with E-state index in [0.29, 0.717) is 5.92 Å². The second-order valence-corrected chi connectivity index (χ2v) is 4.09. The lowest BCUT2D eigenvalue weighted by Gasteiger charge is -2.06. The van der Waals surface area contributed by atoms with Crippen LogP contribution < -0.4 is 0 Å². The second kappa shape index (κ2) is 3.95. The van der Waals surface area contributed by atoms with E-state index in [4.69, 9.17) is 0 Å². The number of rotatable bonds is 3. The fourth-order valence-corrected chi connectivity index (χ4v) is 1.87. The van der Waals surface area contributed by atoms with E-state index in [0.717, 1.165) is 12.8 Å². The number of nitrogens with zero attached hydrogens (tertiary/aromatic N) is 2. The van der Waals surface area contributed by atoms with Crippen LogP contribution in [0.1, 0.15) is 37.7 Å². The van der Waals surface area contributed by atoms with Gasteiger partial charge in [-0.05, 0) is 31.2 Å². The SMILES string of the molecule is CCc1c(CC(C)C)c(C)nn1C. The van der Waals surface area contributed by atoms with Gasteiger partial charge in [-0.3, -0.25) is 4.68 Å². The number of hydrogen-bond donors (Lipinski definition) is 0. The molecule has 13 heavy (non-hydrogen) atoms. The molecule has 0 aliphatic carbocycles. The Labute approximate surface area is 81.0 Å². The molecule has 0 aromatic carbocycles. The van der Waals surface area contributed by atoms with E-state index >= 15 is 0 Å². The van der Waals surface area contributed by atoms with Crippen LogP contribution in [-0.4, -0.2) is 9.78 Å². The van der Waals surface area contributed by atoms with Crippen LogP contribution in [0.2, 0.25) is 0 Å². The van der Waals surface area contributed by atoms with Crippen molar-refractivity contribution in [2.45, 2.75) is 40.5 Å². The van der Waals surface area contributed by atoms with Gasteiger partial charge in [-0.15, -0.1) is 0 Å². The normalized spacial score (nSPS) is 11.2. The molecule has 0 unspecified atom stereocenters. The van der Waals surface area contributed by atoms with Gasteiger partial charge < -0.3 is 0 Å². The molecule has 1 heterocycles. The zero-order valence-corrected chi connectivity index (χ0v) is 9.39. The molecule has 0 amide bonds. The smallest absolute Gasteiger partial charge is 0.0628 e. The first kappa shape index (κ1) is 10.3. The van der Waals surface area contributed by atoms with Crippen LogP contribution >= 0.6 is 0 Å². The molecule has 0 N–H and O–H groups in total. The molecule has 2 nitrogen and oxygen atoms in total. The van der Waals surface area contributed by atoms with Crippen LogP contribution in [0.5, 0.6) is 0 Å². The molecular formula is C11H20N2. The number of aromatic nitrogens is 2. The first-order valence-electron chi connectivity index (χ1n) is 5.07. The Morgan fingerprint density at radius 1 is 1.38 bits per heavy atom. The fourth-order valence-electron chi connectivity index (χ4n) is 1.87. The highest BCUT2D eigenvalue weighted by Crippen LogP contribution is 2.17. The van der Waals surface area contributed by atoms with Gasteiger partial charge in [-0.25, -0.2) is 0 Å². The molecule has 0 atom stereocenters. The van der Waals surface area contributed by atoms with E-state index in [-0.39, 0.29) is 0 Å². The van der Waals surface area contributed by atoms with Crippen molar-refractivity contribution in [2.24, 2.45) is 13.0 Å². The van der Waals surface area contributed by atoms with Gasteiger partial charge >= 0.3 is 0 Å². The quantitative estimate of drug-likeness (QED) is 0.698. The van der Waals surface area contributed by atoms with Crippen LogP contribution in [0.15, 0.2) is 0 Å². The average molecular weight is 180 g/mol. The minimum absolute atomic E-state index is 0.716. The van der Waals surface area contributed by atoms with Gasteiger partial charge in [0.1, 0.15) is 0 Å². The minimum atomic E-state index is 0.716. The zero-order chi connectivity index (χ0) is 10.0. The topological polar surface area (TPSA) is 17.8 Å². The molecule has 0 aliphatic heterocycles. The van der Waals surface area contributed by atoms with Gasteiger partial charge in [0.2, 0.25) is 0 Å². The average Bonchev–Trinajstić information content (AvgIpc) is 2.26. The van der Waals surface area contributed by atoms with Crippen molar-refractivity contribution in [3.05, 3.63) is 17.0 Å². The first-order chi connectivity index (χ1) is 6.06. The largest absolute Gasteiger partial charge is 0.272 e. The second-order valence-electron chi connectivity index (χ2n) is 4.09. The van der Waals surface area contributed by atoms with Crippen LogP contribution in [0, 0.1) is 12.8 Å². The van der Waals surface area contributed by atoms with Gasteiger partial charge in [0.05, 0.1) is 5.69 Å². The van der Waals surface area contributed by atoms with E-state index in [9.17, 15) is 0 Å². The van der Waals surface area contributed by atoms with Gasteiger partial charge in [0.15, 0.2) is 0 Å². The van der Waals surface area contributed by atoms with Crippen molar-refractivity contribution in [3.63, 3.8) is 0 Å². The first-order valence-corrected chi connectivity index (χ1v) is 5.07. The summed E-state index contributed by atoms with van der Waals surface area (Å²) in [6, 6.07) is 0. The predicted molar refractivity (Wildman–Crippen MR) is 55.9 cm³/mol. The Bertz CT molecular complexity index is 285. The maximum absolute atomic E-state index is 4.45. The molecule has 0 saturated heterocycles. The number of hydrogen-bond acceptors (Lipinski definition) is 1. The summed E-state index contributed by atoms with van der Waals surface area (Å²) in [5.41, 5.74) is 4.05. The monoisotopic (exact) mass is 180 g/mol. The highest BCUT2D eigenvalue weighted by atomic mass is 15.3. The third-order valence-electron chi connectivity index (χ3n) is 2.42. The van der Waals surface area contributed by atoms with Crippen molar-refractivity contribution in [2.75, 3.05) is 0 Å². The Hall–Kier alpha value is -0.790. The maximum atomic E-state index is 4.45. The van der Waals surface area contributed by atoms with Crippen LogP contribution in [0.4, 0.5) is 0 Å². The third-order valence-corrected chi connectivity index (χ3v) is 2.42. The van der Waals surface area contributed by atoms with E-state index < -0.39 is 0 Å². The van der Waals surface area contributed by atoms with Crippen molar-refractivity contribution < 1.29 is 0 Å². The summed E-state index contributed by atoms with van der Waals surface area (Å²) in [6.45, 7) is 8.81. The molecule has 2 heteroatoms. The summed E-state index contributed by atoms with van der Waals surface area (Å²) < 4.78 is 2.02. The Morgan fingerprint density at radius 3 is 2.46 bits per heavy atom. The van der Waals surface area contributed by atoms with E-state index in [1.54, 1.807) is 0 Å². The Morgan fingerprint density at radius 2 is 2.00 bits per heavy atom. The lowest BCUT2D eigenvalue weighted by atomic mass is 10.00. The lowest BCUT2D eigenvalue weighted by Crippen LogP contribution is -2.01. The van der Waals surface area contributed by atoms with Gasteiger partial charge in [-0.2, -0.15) is 5.10 Å². The number of aryl methyl sites for hydroxylation is 2. The van der Waals surface area contributed by atoms with Crippen LogP contribution in [-0.2, 0) is 19.9 Å². The van der Waals surface area contributed by atoms with Crippen molar-refractivity contribution in [3.8, 4) is 0 Å². The molecule has 0 spiro atoms. The van der Waals surface area contributed by atoms with Crippen LogP contribution in [0.3, 0.4) is 0 Å². The Balaban J connectivity index is 3.02. The van der Waals surface area contributed by atoms with Gasteiger partial charge in [0, 0.05) is 12.7 Å². The summed E-state index contributed by atoms with van der Waals surface area (Å²) >= 11 is 0. The molecule has 74 valence electrons. The maximum Gasteiger partial charge on any atom is 0.0628 e. The molecule has 1 rings (SSSR count). The minimum Gasteiger partial charge on any atom is -0.272 e. The van der Waals surface area contributed by atoms with E-state index in [1.807, 2.05) is 11.7 Å². The highest BCUT2D eigenvalue weighted by molar-refractivity contribution is 5.25. The fraction of sp³-hybridized carbons (Fsp3) is 0.727. The van der Waals surface area contributed by atoms with Crippen molar-refractivity contribution in [1.29, 1.82) is 0 Å². The zero-order valence-electron chi connectivity index (χ0n) is 9.39. The predicted octanol–water partition coefficient (Wildman–Crippen LogP) is 2.49. The summed E-state index contributed by atoms with van der Waals surface area (Å²) in [5.74, 6) is 0.716. The van der Waals surface area contributed by atoms with Gasteiger partial charge in [-0.1, -0.05) is 20.8 Å². The summed E-state index contributed by atoms with van der Waals surface area (Å²) in [7, 11) is 2.04. The highest BCUT2D eigenvalue weighted by Gasteiger charge is 2.12. The van der Waals surface area contributed by atoms with Crippen LogP contribution in [0.25, 0.3) is 0 Å². The lowest BCUT2D eigenvalue weighted by molar-refractivity contribution is 0.637. The molecule has 0 bridgehead atoms. The van der Waals surface area contributed by atoms with E-state index in [2.05, 4.69) is 32.8 Å². The van der Waals surface area contributed by atoms with E-state index in [1.165, 1.54) is 17.0 Å². The molecule has 0 aliphatic rings. The molecule has 0 saturated carbocycles. The van der Waals surface area contributed by atoms with Crippen molar-refractivity contribution in [1.82, 2.24) is 9.78 Å². The molecule has 0 radical (unpaired) electrons. The summed E-state index contributed by atoms with van der Waals surface area (Å²) in [4.78, 5) is 0. The standard InChI is InChI=1S/C11H20N2/c1-6-11-10(7-8(2)3)9(4)12-13(11)5/h8H,6-7H2,1-5H3. The molecule has 1 aromatic heterocycles.